The zero-order chi connectivity index (χ0) is 7.07. The van der Waals surface area contributed by atoms with Crippen LogP contribution >= 0.6 is 0 Å². The molecule has 0 aliphatic heterocycles. The van der Waals surface area contributed by atoms with Crippen LogP contribution in [0.25, 0.3) is 0 Å². The van der Waals surface area contributed by atoms with Gasteiger partial charge in [0.15, 0.2) is 0 Å². The average molecular weight is 149 g/mol. The van der Waals surface area contributed by atoms with Crippen molar-refractivity contribution in [3.63, 3.8) is 0 Å². The molecule has 9 heavy (non-hydrogen) atoms. The highest BCUT2D eigenvalue weighted by Crippen LogP contribution is 2.24. The summed E-state index contributed by atoms with van der Waals surface area (Å²) in [5.41, 5.74) is 5.40. The maximum absolute atomic E-state index is 10.7. The summed E-state index contributed by atoms with van der Waals surface area (Å²) in [6, 6.07) is 0.129. The Morgan fingerprint density at radius 3 is 2.00 bits per heavy atom. The lowest BCUT2D eigenvalue weighted by Crippen LogP contribution is -2.44. The zero-order valence-electron chi connectivity index (χ0n) is 5.37. The van der Waals surface area contributed by atoms with E-state index in [-0.39, 0.29) is 11.3 Å². The van der Waals surface area contributed by atoms with Crippen LogP contribution in [0.2, 0.25) is 0 Å². The second-order valence-corrected chi connectivity index (χ2v) is 5.01. The highest BCUT2D eigenvalue weighted by molar-refractivity contribution is 7.91. The topological polar surface area (TPSA) is 60.2 Å². The van der Waals surface area contributed by atoms with Crippen molar-refractivity contribution in [1.82, 2.24) is 0 Å². The maximum Gasteiger partial charge on any atom is 0.150 e. The third-order valence-corrected chi connectivity index (χ3v) is 3.33. The SMILES string of the molecule is CS(=O)(=O)C1CC(N)C1. The van der Waals surface area contributed by atoms with Crippen LogP contribution in [-0.4, -0.2) is 26.0 Å². The molecule has 1 saturated carbocycles. The molecule has 0 aromatic rings. The van der Waals surface area contributed by atoms with E-state index >= 15 is 0 Å². The minimum Gasteiger partial charge on any atom is -0.328 e. The summed E-state index contributed by atoms with van der Waals surface area (Å²) in [6.45, 7) is 0. The standard InChI is InChI=1S/C5H11NO2S/c1-9(7,8)5-2-4(6)3-5/h4-5H,2-3,6H2,1H3. The van der Waals surface area contributed by atoms with E-state index < -0.39 is 9.84 Å². The summed E-state index contributed by atoms with van der Waals surface area (Å²) in [5.74, 6) is 0. The monoisotopic (exact) mass is 149 g/mol. The first-order valence-electron chi connectivity index (χ1n) is 2.94. The molecule has 3 nitrogen and oxygen atoms in total. The fourth-order valence-electron chi connectivity index (χ4n) is 0.956. The van der Waals surface area contributed by atoms with Crippen molar-refractivity contribution in [2.24, 2.45) is 5.73 Å². The molecular weight excluding hydrogens is 138 g/mol. The van der Waals surface area contributed by atoms with Crippen molar-refractivity contribution >= 4 is 9.84 Å². The molecule has 54 valence electrons. The van der Waals surface area contributed by atoms with Gasteiger partial charge in [0.2, 0.25) is 0 Å². The summed E-state index contributed by atoms with van der Waals surface area (Å²) >= 11 is 0. The Bertz CT molecular complexity index is 191. The van der Waals surface area contributed by atoms with Gasteiger partial charge in [0.1, 0.15) is 9.84 Å². The molecule has 1 fully saturated rings. The molecule has 1 aliphatic rings. The summed E-state index contributed by atoms with van der Waals surface area (Å²) in [7, 11) is -2.78. The van der Waals surface area contributed by atoms with Gasteiger partial charge in [-0.25, -0.2) is 8.42 Å². The van der Waals surface area contributed by atoms with Crippen LogP contribution in [0.15, 0.2) is 0 Å². The van der Waals surface area contributed by atoms with Crippen LogP contribution in [0, 0.1) is 0 Å². The Morgan fingerprint density at radius 1 is 1.44 bits per heavy atom. The molecular formula is C5H11NO2S. The number of hydrogen-bond donors (Lipinski definition) is 1. The first-order chi connectivity index (χ1) is 4.00. The zero-order valence-corrected chi connectivity index (χ0v) is 6.19. The van der Waals surface area contributed by atoms with Gasteiger partial charge in [0.05, 0.1) is 5.25 Å². The van der Waals surface area contributed by atoms with Crippen molar-refractivity contribution in [2.75, 3.05) is 6.26 Å². The third-order valence-electron chi connectivity index (χ3n) is 1.74. The first kappa shape index (κ1) is 7.02. The highest BCUT2D eigenvalue weighted by Gasteiger charge is 2.33. The quantitative estimate of drug-likeness (QED) is 0.548. The van der Waals surface area contributed by atoms with Crippen molar-refractivity contribution < 1.29 is 8.42 Å². The van der Waals surface area contributed by atoms with E-state index in [4.69, 9.17) is 5.73 Å². The van der Waals surface area contributed by atoms with Gasteiger partial charge >= 0.3 is 0 Å². The molecule has 0 saturated heterocycles. The van der Waals surface area contributed by atoms with E-state index in [9.17, 15) is 8.42 Å². The van der Waals surface area contributed by atoms with E-state index in [2.05, 4.69) is 0 Å². The molecule has 2 N–H and O–H groups in total. The van der Waals surface area contributed by atoms with Gasteiger partial charge in [-0.05, 0) is 12.8 Å². The van der Waals surface area contributed by atoms with Crippen molar-refractivity contribution in [3.05, 3.63) is 0 Å². The van der Waals surface area contributed by atoms with Crippen LogP contribution in [0.1, 0.15) is 12.8 Å². The lowest BCUT2D eigenvalue weighted by molar-refractivity contribution is 0.410. The molecule has 1 aliphatic carbocycles. The number of rotatable bonds is 1. The van der Waals surface area contributed by atoms with E-state index in [1.54, 1.807) is 0 Å². The summed E-state index contributed by atoms with van der Waals surface area (Å²) in [6.07, 6.45) is 2.57. The third kappa shape index (κ3) is 1.43. The van der Waals surface area contributed by atoms with Gasteiger partial charge < -0.3 is 5.73 Å². The fraction of sp³-hybridized carbons (Fsp3) is 1.00. The van der Waals surface area contributed by atoms with E-state index in [0.29, 0.717) is 12.8 Å². The van der Waals surface area contributed by atoms with Crippen LogP contribution in [0.3, 0.4) is 0 Å². The second-order valence-electron chi connectivity index (χ2n) is 2.68. The largest absolute Gasteiger partial charge is 0.328 e. The van der Waals surface area contributed by atoms with Gasteiger partial charge in [-0.3, -0.25) is 0 Å². The average Bonchev–Trinajstić information content (AvgIpc) is 1.55. The predicted octanol–water partition coefficient (Wildman–Crippen LogP) is -0.479. The van der Waals surface area contributed by atoms with Crippen LogP contribution in [-0.2, 0) is 9.84 Å². The van der Waals surface area contributed by atoms with Crippen LogP contribution in [0.5, 0.6) is 0 Å². The van der Waals surface area contributed by atoms with E-state index in [1.165, 1.54) is 6.26 Å². The molecule has 0 spiro atoms. The van der Waals surface area contributed by atoms with Gasteiger partial charge in [0, 0.05) is 12.3 Å². The van der Waals surface area contributed by atoms with Crippen LogP contribution < -0.4 is 5.73 Å². The minimum absolute atomic E-state index is 0.129. The number of nitrogens with two attached hydrogens (primary N) is 1. The predicted molar refractivity (Wildman–Crippen MR) is 35.8 cm³/mol. The lowest BCUT2D eigenvalue weighted by Gasteiger charge is -2.30. The Balaban J connectivity index is 2.51. The second kappa shape index (κ2) is 1.95. The molecule has 0 amide bonds. The van der Waals surface area contributed by atoms with Gasteiger partial charge in [-0.15, -0.1) is 0 Å². The minimum atomic E-state index is -2.78. The Morgan fingerprint density at radius 2 is 1.89 bits per heavy atom. The first-order valence-corrected chi connectivity index (χ1v) is 4.90. The Hall–Kier alpha value is -0.0900. The molecule has 0 bridgehead atoms. The van der Waals surface area contributed by atoms with E-state index in [0.717, 1.165) is 0 Å². The summed E-state index contributed by atoms with van der Waals surface area (Å²) in [5, 5.41) is -0.146. The van der Waals surface area contributed by atoms with Gasteiger partial charge in [-0.1, -0.05) is 0 Å². The van der Waals surface area contributed by atoms with Gasteiger partial charge in [0.25, 0.3) is 0 Å². The van der Waals surface area contributed by atoms with Crippen molar-refractivity contribution in [1.29, 1.82) is 0 Å². The number of sulfone groups is 1. The molecule has 4 heteroatoms. The Labute approximate surface area is 55.2 Å². The molecule has 0 unspecified atom stereocenters. The molecule has 0 atom stereocenters. The fourth-order valence-corrected chi connectivity index (χ4v) is 2.15. The van der Waals surface area contributed by atoms with E-state index in [1.807, 2.05) is 0 Å². The molecule has 0 aromatic heterocycles. The Kier molecular flexibility index (Phi) is 1.52. The van der Waals surface area contributed by atoms with Crippen LogP contribution in [0.4, 0.5) is 0 Å². The smallest absolute Gasteiger partial charge is 0.150 e. The lowest BCUT2D eigenvalue weighted by atomic mass is 9.94. The molecule has 0 aromatic carbocycles. The number of hydrogen-bond acceptors (Lipinski definition) is 3. The van der Waals surface area contributed by atoms with Gasteiger partial charge in [-0.2, -0.15) is 0 Å². The van der Waals surface area contributed by atoms with Crippen molar-refractivity contribution in [2.45, 2.75) is 24.1 Å². The van der Waals surface area contributed by atoms with Crippen molar-refractivity contribution in [3.8, 4) is 0 Å². The molecule has 0 heterocycles. The molecule has 0 radical (unpaired) electrons. The maximum atomic E-state index is 10.7. The highest BCUT2D eigenvalue weighted by atomic mass is 32.2. The summed E-state index contributed by atoms with van der Waals surface area (Å²) < 4.78 is 21.4. The normalized spacial score (nSPS) is 35.8. The summed E-state index contributed by atoms with van der Waals surface area (Å²) in [4.78, 5) is 0. The molecule has 1 rings (SSSR count).